The van der Waals surface area contributed by atoms with Crippen LogP contribution in [-0.2, 0) is 16.6 Å². The first-order valence-electron chi connectivity index (χ1n) is 4.89. The van der Waals surface area contributed by atoms with Gasteiger partial charge in [-0.05, 0) is 39.7 Å². The Morgan fingerprint density at radius 1 is 1.29 bits per heavy atom. The van der Waals surface area contributed by atoms with E-state index in [4.69, 9.17) is 0 Å². The highest BCUT2D eigenvalue weighted by Crippen LogP contribution is 2.17. The molecule has 5 heteroatoms. The molecule has 0 radical (unpaired) electrons. The predicted molar refractivity (Wildman–Crippen MR) is 68.4 cm³/mol. The molecule has 1 heterocycles. The van der Waals surface area contributed by atoms with E-state index in [-0.39, 0.29) is 10.6 Å². The van der Waals surface area contributed by atoms with E-state index in [1.807, 2.05) is 6.07 Å². The Morgan fingerprint density at radius 3 is 2.76 bits per heavy atom. The van der Waals surface area contributed by atoms with Crippen LogP contribution in [0.2, 0.25) is 0 Å². The van der Waals surface area contributed by atoms with Gasteiger partial charge >= 0.3 is 0 Å². The van der Waals surface area contributed by atoms with Crippen molar-refractivity contribution in [2.75, 3.05) is 0 Å². The van der Waals surface area contributed by atoms with E-state index in [1.54, 1.807) is 24.5 Å². The molecular formula is C12H9BrFNOS. The molecule has 0 N–H and O–H groups in total. The standard InChI is InChI=1S/C12H9BrFNOS/c13-10-5-9(6-15-7-10)8-17(16)12-4-2-1-3-11(12)14/h1-7H,8H2. The minimum absolute atomic E-state index is 0.229. The molecular weight excluding hydrogens is 305 g/mol. The Morgan fingerprint density at radius 2 is 2.06 bits per heavy atom. The molecule has 2 aromatic rings. The van der Waals surface area contributed by atoms with Crippen molar-refractivity contribution in [1.82, 2.24) is 4.98 Å². The SMILES string of the molecule is O=S(Cc1cncc(Br)c1)c1ccccc1F. The Labute approximate surface area is 109 Å². The molecule has 0 aliphatic rings. The van der Waals surface area contributed by atoms with Crippen molar-refractivity contribution in [3.8, 4) is 0 Å². The van der Waals surface area contributed by atoms with Gasteiger partial charge in [0.25, 0.3) is 0 Å². The quantitative estimate of drug-likeness (QED) is 0.870. The summed E-state index contributed by atoms with van der Waals surface area (Å²) in [5.74, 6) is -0.179. The topological polar surface area (TPSA) is 30.0 Å². The summed E-state index contributed by atoms with van der Waals surface area (Å²) in [7, 11) is -1.39. The molecule has 88 valence electrons. The monoisotopic (exact) mass is 313 g/mol. The lowest BCUT2D eigenvalue weighted by Crippen LogP contribution is -1.99. The summed E-state index contributed by atoms with van der Waals surface area (Å²) < 4.78 is 26.2. The zero-order valence-electron chi connectivity index (χ0n) is 8.77. The molecule has 1 atom stereocenters. The van der Waals surface area contributed by atoms with Gasteiger partial charge in [-0.2, -0.15) is 0 Å². The van der Waals surface area contributed by atoms with Crippen molar-refractivity contribution in [1.29, 1.82) is 0 Å². The molecule has 2 nitrogen and oxygen atoms in total. The van der Waals surface area contributed by atoms with Crippen molar-refractivity contribution in [3.05, 3.63) is 58.6 Å². The van der Waals surface area contributed by atoms with Crippen molar-refractivity contribution >= 4 is 26.7 Å². The zero-order valence-corrected chi connectivity index (χ0v) is 11.2. The zero-order chi connectivity index (χ0) is 12.3. The summed E-state index contributed by atoms with van der Waals surface area (Å²) in [6.07, 6.45) is 3.28. The predicted octanol–water partition coefficient (Wildman–Crippen LogP) is 3.29. The second-order valence-electron chi connectivity index (χ2n) is 3.43. The molecule has 0 amide bonds. The molecule has 0 saturated carbocycles. The van der Waals surface area contributed by atoms with Crippen LogP contribution in [0.15, 0.2) is 52.1 Å². The van der Waals surface area contributed by atoms with Gasteiger partial charge in [0.1, 0.15) is 5.82 Å². The highest BCUT2D eigenvalue weighted by atomic mass is 79.9. The molecule has 17 heavy (non-hydrogen) atoms. The molecule has 0 saturated heterocycles. The number of hydrogen-bond acceptors (Lipinski definition) is 2. The molecule has 0 aliphatic heterocycles. The highest BCUT2D eigenvalue weighted by Gasteiger charge is 2.10. The minimum atomic E-state index is -1.39. The minimum Gasteiger partial charge on any atom is -0.263 e. The van der Waals surface area contributed by atoms with Crippen molar-refractivity contribution in [2.24, 2.45) is 0 Å². The fourth-order valence-electron chi connectivity index (χ4n) is 1.39. The van der Waals surface area contributed by atoms with Crippen LogP contribution in [0.5, 0.6) is 0 Å². The summed E-state index contributed by atoms with van der Waals surface area (Å²) in [5, 5.41) is 0. The van der Waals surface area contributed by atoms with Crippen LogP contribution in [0.4, 0.5) is 4.39 Å². The van der Waals surface area contributed by atoms with Crippen LogP contribution in [0.3, 0.4) is 0 Å². The Kier molecular flexibility index (Phi) is 4.02. The Balaban J connectivity index is 2.20. The molecule has 0 spiro atoms. The van der Waals surface area contributed by atoms with Gasteiger partial charge in [0, 0.05) is 16.9 Å². The van der Waals surface area contributed by atoms with Crippen LogP contribution in [0, 0.1) is 5.82 Å². The van der Waals surface area contributed by atoms with Crippen LogP contribution >= 0.6 is 15.9 Å². The number of halogens is 2. The van der Waals surface area contributed by atoms with E-state index in [9.17, 15) is 8.60 Å². The van der Waals surface area contributed by atoms with Gasteiger partial charge in [0.2, 0.25) is 0 Å². The van der Waals surface area contributed by atoms with Gasteiger partial charge in [0.05, 0.1) is 21.4 Å². The normalized spacial score (nSPS) is 12.4. The van der Waals surface area contributed by atoms with Crippen molar-refractivity contribution in [3.63, 3.8) is 0 Å². The van der Waals surface area contributed by atoms with Crippen LogP contribution in [0.1, 0.15) is 5.56 Å². The fourth-order valence-corrected chi connectivity index (χ4v) is 2.94. The average Bonchev–Trinajstić information content (AvgIpc) is 2.29. The van der Waals surface area contributed by atoms with E-state index in [1.165, 1.54) is 12.1 Å². The Hall–Kier alpha value is -1.07. The fraction of sp³-hybridized carbons (Fsp3) is 0.0833. The maximum absolute atomic E-state index is 13.4. The summed E-state index contributed by atoms with van der Waals surface area (Å²) in [5.41, 5.74) is 0.806. The summed E-state index contributed by atoms with van der Waals surface area (Å²) in [6.45, 7) is 0. The van der Waals surface area contributed by atoms with Gasteiger partial charge in [-0.25, -0.2) is 4.39 Å². The van der Waals surface area contributed by atoms with Gasteiger partial charge < -0.3 is 0 Å². The highest BCUT2D eigenvalue weighted by molar-refractivity contribution is 9.10. The molecule has 2 rings (SSSR count). The van der Waals surface area contributed by atoms with E-state index in [2.05, 4.69) is 20.9 Å². The lowest BCUT2D eigenvalue weighted by Gasteiger charge is -2.03. The smallest absolute Gasteiger partial charge is 0.139 e. The maximum atomic E-state index is 13.4. The van der Waals surface area contributed by atoms with Crippen molar-refractivity contribution < 1.29 is 8.60 Å². The van der Waals surface area contributed by atoms with Crippen LogP contribution < -0.4 is 0 Å². The van der Waals surface area contributed by atoms with E-state index in [0.29, 0.717) is 0 Å². The summed E-state index contributed by atoms with van der Waals surface area (Å²) in [4.78, 5) is 4.21. The first kappa shape index (κ1) is 12.4. The van der Waals surface area contributed by atoms with Gasteiger partial charge in [-0.1, -0.05) is 12.1 Å². The third-order valence-electron chi connectivity index (χ3n) is 2.14. The van der Waals surface area contributed by atoms with Crippen LogP contribution in [-0.4, -0.2) is 9.19 Å². The summed E-state index contributed by atoms with van der Waals surface area (Å²) >= 11 is 3.29. The molecule has 1 aromatic carbocycles. The second kappa shape index (κ2) is 5.51. The van der Waals surface area contributed by atoms with E-state index < -0.39 is 16.6 Å². The maximum Gasteiger partial charge on any atom is 0.139 e. The second-order valence-corrected chi connectivity index (χ2v) is 5.77. The third-order valence-corrected chi connectivity index (χ3v) is 3.99. The van der Waals surface area contributed by atoms with Gasteiger partial charge in [-0.3, -0.25) is 9.19 Å². The number of aromatic nitrogens is 1. The molecule has 0 fully saturated rings. The molecule has 0 bridgehead atoms. The summed E-state index contributed by atoms with van der Waals surface area (Å²) in [6, 6.07) is 7.93. The van der Waals surface area contributed by atoms with Gasteiger partial charge in [-0.15, -0.1) is 0 Å². The van der Waals surface area contributed by atoms with E-state index in [0.717, 1.165) is 10.0 Å². The lowest BCUT2D eigenvalue weighted by molar-refractivity contribution is 0.595. The molecule has 1 aromatic heterocycles. The first-order chi connectivity index (χ1) is 8.16. The van der Waals surface area contributed by atoms with Crippen LogP contribution in [0.25, 0.3) is 0 Å². The van der Waals surface area contributed by atoms with Crippen molar-refractivity contribution in [2.45, 2.75) is 10.6 Å². The number of nitrogens with zero attached hydrogens (tertiary/aromatic N) is 1. The molecule has 0 aliphatic carbocycles. The number of rotatable bonds is 3. The number of hydrogen-bond donors (Lipinski definition) is 0. The Bertz CT molecular complexity index is 562. The number of pyridine rings is 1. The number of benzene rings is 1. The lowest BCUT2D eigenvalue weighted by atomic mass is 10.3. The third kappa shape index (κ3) is 3.20. The largest absolute Gasteiger partial charge is 0.263 e. The van der Waals surface area contributed by atoms with E-state index >= 15 is 0 Å². The van der Waals surface area contributed by atoms with Gasteiger partial charge in [0.15, 0.2) is 0 Å². The first-order valence-corrected chi connectivity index (χ1v) is 7.00. The average molecular weight is 314 g/mol. The molecule has 1 unspecified atom stereocenters.